The number of hydrogen-bond donors (Lipinski definition) is 2. The molecule has 0 aliphatic heterocycles. The highest BCUT2D eigenvalue weighted by Crippen LogP contribution is 2.04. The Kier molecular flexibility index (Phi) is 5.69. The predicted octanol–water partition coefficient (Wildman–Crippen LogP) is 1.01. The van der Waals surface area contributed by atoms with Gasteiger partial charge in [-0.05, 0) is 19.8 Å². The third-order valence-electron chi connectivity index (χ3n) is 2.63. The van der Waals surface area contributed by atoms with Crippen molar-refractivity contribution in [1.82, 2.24) is 15.1 Å². The summed E-state index contributed by atoms with van der Waals surface area (Å²) in [7, 11) is 1.80. The van der Waals surface area contributed by atoms with Gasteiger partial charge in [-0.15, -0.1) is 0 Å². The van der Waals surface area contributed by atoms with E-state index in [1.807, 2.05) is 6.92 Å². The van der Waals surface area contributed by atoms with E-state index in [0.29, 0.717) is 12.1 Å². The number of hydrogen-bond acceptors (Lipinski definition) is 3. The molecular weight excluding hydrogens is 218 g/mol. The van der Waals surface area contributed by atoms with E-state index in [2.05, 4.69) is 10.4 Å². The molecule has 0 unspecified atom stereocenters. The highest BCUT2D eigenvalue weighted by molar-refractivity contribution is 5.94. The maximum absolute atomic E-state index is 11.8. The van der Waals surface area contributed by atoms with E-state index >= 15 is 0 Å². The third-order valence-corrected chi connectivity index (χ3v) is 2.63. The highest BCUT2D eigenvalue weighted by Gasteiger charge is 2.11. The molecule has 96 valence electrons. The molecule has 0 bridgehead atoms. The summed E-state index contributed by atoms with van der Waals surface area (Å²) in [5, 5.41) is 15.6. The summed E-state index contributed by atoms with van der Waals surface area (Å²) in [6.45, 7) is 2.76. The molecule has 1 rings (SSSR count). The van der Waals surface area contributed by atoms with Crippen molar-refractivity contribution in [3.05, 3.63) is 17.5 Å². The number of carbonyl (C=O) groups is 1. The second-order valence-corrected chi connectivity index (χ2v) is 4.20. The van der Waals surface area contributed by atoms with Crippen molar-refractivity contribution in [1.29, 1.82) is 0 Å². The van der Waals surface area contributed by atoms with E-state index in [4.69, 9.17) is 5.11 Å². The summed E-state index contributed by atoms with van der Waals surface area (Å²) in [6, 6.07) is 0. The molecular formula is C12H21N3O2. The Balaban J connectivity index is 2.23. The Hall–Kier alpha value is -1.36. The van der Waals surface area contributed by atoms with E-state index in [9.17, 15) is 4.79 Å². The van der Waals surface area contributed by atoms with Crippen LogP contribution in [0.15, 0.2) is 6.20 Å². The molecule has 2 N–H and O–H groups in total. The number of amides is 1. The lowest BCUT2D eigenvalue weighted by Crippen LogP contribution is -2.24. The lowest BCUT2D eigenvalue weighted by Gasteiger charge is -2.03. The van der Waals surface area contributed by atoms with Gasteiger partial charge in [0.1, 0.15) is 0 Å². The number of nitrogens with zero attached hydrogens (tertiary/aromatic N) is 2. The van der Waals surface area contributed by atoms with Crippen molar-refractivity contribution in [3.63, 3.8) is 0 Å². The standard InChI is InChI=1S/C12H21N3O2/c1-10-11(9-15(2)14-10)12(17)13-7-5-3-4-6-8-16/h9,16H,3-8H2,1-2H3,(H,13,17). The van der Waals surface area contributed by atoms with Gasteiger partial charge in [-0.2, -0.15) is 5.10 Å². The SMILES string of the molecule is Cc1nn(C)cc1C(=O)NCCCCCCO. The molecule has 1 aromatic heterocycles. The van der Waals surface area contributed by atoms with Crippen molar-refractivity contribution < 1.29 is 9.90 Å². The molecule has 0 saturated heterocycles. The molecule has 1 aromatic rings. The van der Waals surface area contributed by atoms with Gasteiger partial charge in [0, 0.05) is 26.4 Å². The van der Waals surface area contributed by atoms with E-state index in [-0.39, 0.29) is 12.5 Å². The van der Waals surface area contributed by atoms with Crippen molar-refractivity contribution in [2.24, 2.45) is 7.05 Å². The lowest BCUT2D eigenvalue weighted by molar-refractivity contribution is 0.0952. The number of aliphatic hydroxyl groups excluding tert-OH is 1. The van der Waals surface area contributed by atoms with Gasteiger partial charge in [0.2, 0.25) is 0 Å². The first-order valence-corrected chi connectivity index (χ1v) is 6.04. The van der Waals surface area contributed by atoms with Gasteiger partial charge in [0.25, 0.3) is 5.91 Å². The van der Waals surface area contributed by atoms with Crippen molar-refractivity contribution >= 4 is 5.91 Å². The summed E-state index contributed by atoms with van der Waals surface area (Å²) >= 11 is 0. The quantitative estimate of drug-likeness (QED) is 0.698. The molecule has 5 heteroatoms. The Labute approximate surface area is 102 Å². The first-order valence-electron chi connectivity index (χ1n) is 6.04. The minimum absolute atomic E-state index is 0.0576. The van der Waals surface area contributed by atoms with Crippen LogP contribution in [0.3, 0.4) is 0 Å². The van der Waals surface area contributed by atoms with Gasteiger partial charge in [0.15, 0.2) is 0 Å². The number of unbranched alkanes of at least 4 members (excludes halogenated alkanes) is 3. The van der Waals surface area contributed by atoms with Crippen LogP contribution in [0.5, 0.6) is 0 Å². The van der Waals surface area contributed by atoms with Crippen LogP contribution in [0.2, 0.25) is 0 Å². The van der Waals surface area contributed by atoms with Crippen molar-refractivity contribution in [3.8, 4) is 0 Å². The first kappa shape index (κ1) is 13.7. The van der Waals surface area contributed by atoms with E-state index in [1.54, 1.807) is 17.9 Å². The average molecular weight is 239 g/mol. The molecule has 0 aliphatic rings. The summed E-state index contributed by atoms with van der Waals surface area (Å²) in [5.74, 6) is -0.0576. The van der Waals surface area contributed by atoms with Gasteiger partial charge < -0.3 is 10.4 Å². The van der Waals surface area contributed by atoms with Gasteiger partial charge in [-0.3, -0.25) is 9.48 Å². The highest BCUT2D eigenvalue weighted by atomic mass is 16.2. The van der Waals surface area contributed by atoms with E-state index in [1.165, 1.54) is 0 Å². The topological polar surface area (TPSA) is 67.2 Å². The molecule has 0 atom stereocenters. The van der Waals surface area contributed by atoms with E-state index < -0.39 is 0 Å². The fourth-order valence-electron chi connectivity index (χ4n) is 1.71. The number of aromatic nitrogens is 2. The van der Waals surface area contributed by atoms with Crippen molar-refractivity contribution in [2.75, 3.05) is 13.2 Å². The van der Waals surface area contributed by atoms with E-state index in [0.717, 1.165) is 31.4 Å². The fourth-order valence-corrected chi connectivity index (χ4v) is 1.71. The number of aryl methyl sites for hydroxylation is 2. The smallest absolute Gasteiger partial charge is 0.254 e. The van der Waals surface area contributed by atoms with Crippen LogP contribution in [0, 0.1) is 6.92 Å². The second kappa shape index (κ2) is 7.06. The van der Waals surface area contributed by atoms with Gasteiger partial charge in [-0.25, -0.2) is 0 Å². The summed E-state index contributed by atoms with van der Waals surface area (Å²) in [5.41, 5.74) is 1.40. The Morgan fingerprint density at radius 3 is 2.71 bits per heavy atom. The summed E-state index contributed by atoms with van der Waals surface area (Å²) < 4.78 is 1.64. The predicted molar refractivity (Wildman–Crippen MR) is 65.8 cm³/mol. The normalized spacial score (nSPS) is 10.5. The van der Waals surface area contributed by atoms with Crippen LogP contribution < -0.4 is 5.32 Å². The molecule has 0 aromatic carbocycles. The molecule has 0 fully saturated rings. The van der Waals surface area contributed by atoms with Crippen LogP contribution in [0.4, 0.5) is 0 Å². The molecule has 5 nitrogen and oxygen atoms in total. The number of rotatable bonds is 7. The molecule has 0 radical (unpaired) electrons. The maximum Gasteiger partial charge on any atom is 0.254 e. The number of aliphatic hydroxyl groups is 1. The zero-order valence-corrected chi connectivity index (χ0v) is 10.6. The average Bonchev–Trinajstić information content (AvgIpc) is 2.62. The third kappa shape index (κ3) is 4.56. The molecule has 17 heavy (non-hydrogen) atoms. The largest absolute Gasteiger partial charge is 0.396 e. The first-order chi connectivity index (χ1) is 8.15. The van der Waals surface area contributed by atoms with Crippen LogP contribution in [-0.2, 0) is 7.05 Å². The van der Waals surface area contributed by atoms with Crippen molar-refractivity contribution in [2.45, 2.75) is 32.6 Å². The number of nitrogens with one attached hydrogen (secondary N) is 1. The van der Waals surface area contributed by atoms with Gasteiger partial charge in [-0.1, -0.05) is 12.8 Å². The minimum atomic E-state index is -0.0576. The second-order valence-electron chi connectivity index (χ2n) is 4.20. The zero-order chi connectivity index (χ0) is 12.7. The minimum Gasteiger partial charge on any atom is -0.396 e. The zero-order valence-electron chi connectivity index (χ0n) is 10.6. The Bertz CT molecular complexity index is 361. The fraction of sp³-hybridized carbons (Fsp3) is 0.667. The molecule has 0 saturated carbocycles. The summed E-state index contributed by atoms with van der Waals surface area (Å²) in [4.78, 5) is 11.8. The van der Waals surface area contributed by atoms with Crippen LogP contribution >= 0.6 is 0 Å². The van der Waals surface area contributed by atoms with Crippen LogP contribution in [0.1, 0.15) is 41.7 Å². The van der Waals surface area contributed by atoms with Crippen LogP contribution in [-0.4, -0.2) is 33.9 Å². The molecule has 0 spiro atoms. The van der Waals surface area contributed by atoms with Gasteiger partial charge in [0.05, 0.1) is 11.3 Å². The summed E-state index contributed by atoms with van der Waals surface area (Å²) in [6.07, 6.45) is 5.57. The van der Waals surface area contributed by atoms with Crippen LogP contribution in [0.25, 0.3) is 0 Å². The monoisotopic (exact) mass is 239 g/mol. The Morgan fingerprint density at radius 2 is 2.12 bits per heavy atom. The Morgan fingerprint density at radius 1 is 1.41 bits per heavy atom. The molecule has 1 heterocycles. The maximum atomic E-state index is 11.8. The number of carbonyl (C=O) groups excluding carboxylic acids is 1. The van der Waals surface area contributed by atoms with Gasteiger partial charge >= 0.3 is 0 Å². The molecule has 1 amide bonds. The lowest BCUT2D eigenvalue weighted by atomic mass is 10.2. The molecule has 0 aliphatic carbocycles.